The van der Waals surface area contributed by atoms with Gasteiger partial charge in [-0.25, -0.2) is 4.98 Å². The molecule has 0 fully saturated rings. The van der Waals surface area contributed by atoms with E-state index in [2.05, 4.69) is 20.3 Å². The summed E-state index contributed by atoms with van der Waals surface area (Å²) in [4.78, 5) is 11.6. The average Bonchev–Trinajstić information content (AvgIpc) is 2.78. The van der Waals surface area contributed by atoms with Gasteiger partial charge in [0.25, 0.3) is 0 Å². The van der Waals surface area contributed by atoms with Crippen LogP contribution in [0.4, 0.5) is 0 Å². The highest BCUT2D eigenvalue weighted by atomic mass is 16.0. The first kappa shape index (κ1) is 10.8. The summed E-state index contributed by atoms with van der Waals surface area (Å²) in [6, 6.07) is 4.27. The first-order valence-electron chi connectivity index (χ1n) is 5.10. The molecule has 3 heterocycles. The van der Waals surface area contributed by atoms with E-state index in [-0.39, 0.29) is 11.5 Å². The highest BCUT2D eigenvalue weighted by Gasteiger charge is 2.23. The molecule has 3 rings (SSSR count). The lowest BCUT2D eigenvalue weighted by molar-refractivity contribution is 0.553. The van der Waals surface area contributed by atoms with Crippen LogP contribution in [0.3, 0.4) is 0 Å². The number of aromatic amines is 1. The maximum absolute atomic E-state index is 4.38. The van der Waals surface area contributed by atoms with E-state index in [0.29, 0.717) is 0 Å². The molecule has 0 saturated heterocycles. The number of hydrogen-bond donors (Lipinski definition) is 2. The van der Waals surface area contributed by atoms with Gasteiger partial charge in [0.05, 0.1) is 18.1 Å². The average molecular weight is 218 g/mol. The van der Waals surface area contributed by atoms with Crippen molar-refractivity contribution in [2.45, 2.75) is 12.5 Å². The summed E-state index contributed by atoms with van der Waals surface area (Å²) >= 11 is 0. The molecular formula is C11H14N4O. The summed E-state index contributed by atoms with van der Waals surface area (Å²) in [7, 11) is 0. The fraction of sp³-hybridized carbons (Fsp3) is 0.273. The van der Waals surface area contributed by atoms with Crippen LogP contribution in [-0.4, -0.2) is 27.0 Å². The molecule has 5 heteroatoms. The van der Waals surface area contributed by atoms with Crippen molar-refractivity contribution in [2.24, 2.45) is 0 Å². The van der Waals surface area contributed by atoms with Crippen LogP contribution in [0, 0.1) is 0 Å². The third-order valence-corrected chi connectivity index (χ3v) is 2.79. The predicted molar refractivity (Wildman–Crippen MR) is 60.0 cm³/mol. The topological polar surface area (TPSA) is 85.1 Å². The highest BCUT2D eigenvalue weighted by molar-refractivity contribution is 5.30. The number of nitrogens with zero attached hydrogens (tertiary/aromatic N) is 2. The summed E-state index contributed by atoms with van der Waals surface area (Å²) in [6.45, 7) is 0.988. The van der Waals surface area contributed by atoms with Crippen molar-refractivity contribution in [3.05, 3.63) is 47.8 Å². The van der Waals surface area contributed by atoms with Crippen LogP contribution in [-0.2, 0) is 6.42 Å². The van der Waals surface area contributed by atoms with E-state index in [1.54, 1.807) is 6.33 Å². The lowest BCUT2D eigenvalue weighted by Gasteiger charge is -2.23. The van der Waals surface area contributed by atoms with Crippen molar-refractivity contribution in [2.75, 3.05) is 6.54 Å². The molecule has 0 aromatic carbocycles. The molecule has 1 aliphatic rings. The van der Waals surface area contributed by atoms with Crippen LogP contribution in [0.5, 0.6) is 0 Å². The Morgan fingerprint density at radius 2 is 2.06 bits per heavy atom. The summed E-state index contributed by atoms with van der Waals surface area (Å²) in [5.74, 6) is 0. The molecule has 16 heavy (non-hydrogen) atoms. The summed E-state index contributed by atoms with van der Waals surface area (Å²) in [6.07, 6.45) is 6.43. The van der Waals surface area contributed by atoms with Gasteiger partial charge in [-0.15, -0.1) is 0 Å². The number of imidazole rings is 1. The van der Waals surface area contributed by atoms with Crippen LogP contribution in [0.15, 0.2) is 30.9 Å². The zero-order valence-electron chi connectivity index (χ0n) is 8.77. The predicted octanol–water partition coefficient (Wildman–Crippen LogP) is 0.215. The number of aromatic nitrogens is 3. The minimum atomic E-state index is 0. The standard InChI is InChI=1S/C11H12N4.H2O/c1-4-12-5-2-8(1)10-11-9(3-6-13-10)14-7-15-11;/h1-2,4-5,7,10,13H,3,6H2,(H,14,15);1H2. The normalized spacial score (nSPS) is 18.6. The van der Waals surface area contributed by atoms with Crippen molar-refractivity contribution in [3.8, 4) is 0 Å². The van der Waals surface area contributed by atoms with E-state index in [1.807, 2.05) is 24.5 Å². The minimum absolute atomic E-state index is 0. The van der Waals surface area contributed by atoms with Gasteiger partial charge < -0.3 is 15.8 Å². The zero-order valence-corrected chi connectivity index (χ0v) is 8.77. The number of nitrogens with one attached hydrogen (secondary N) is 2. The molecule has 0 spiro atoms. The second-order valence-corrected chi connectivity index (χ2v) is 3.68. The van der Waals surface area contributed by atoms with Gasteiger partial charge in [-0.3, -0.25) is 4.98 Å². The van der Waals surface area contributed by atoms with Gasteiger partial charge in [-0.05, 0) is 17.7 Å². The van der Waals surface area contributed by atoms with E-state index in [4.69, 9.17) is 0 Å². The van der Waals surface area contributed by atoms with Gasteiger partial charge in [0.15, 0.2) is 0 Å². The molecule has 2 aromatic rings. The molecule has 1 aliphatic heterocycles. The molecule has 2 aromatic heterocycles. The first-order chi connectivity index (χ1) is 7.45. The lowest BCUT2D eigenvalue weighted by atomic mass is 9.99. The molecule has 1 atom stereocenters. The van der Waals surface area contributed by atoms with Crippen molar-refractivity contribution >= 4 is 0 Å². The zero-order chi connectivity index (χ0) is 10.1. The maximum Gasteiger partial charge on any atom is 0.0926 e. The van der Waals surface area contributed by atoms with Gasteiger partial charge in [0.1, 0.15) is 0 Å². The second-order valence-electron chi connectivity index (χ2n) is 3.68. The molecule has 0 radical (unpaired) electrons. The number of fused-ring (bicyclic) bond motifs is 1. The van der Waals surface area contributed by atoms with Crippen LogP contribution in [0.25, 0.3) is 0 Å². The second kappa shape index (κ2) is 4.42. The van der Waals surface area contributed by atoms with E-state index in [9.17, 15) is 0 Å². The SMILES string of the molecule is O.c1cc(C2NCCc3[nH]cnc32)ccn1. The van der Waals surface area contributed by atoms with E-state index in [0.717, 1.165) is 18.7 Å². The summed E-state index contributed by atoms with van der Waals surface area (Å²) < 4.78 is 0. The molecule has 84 valence electrons. The van der Waals surface area contributed by atoms with Crippen molar-refractivity contribution < 1.29 is 5.48 Å². The fourth-order valence-electron chi connectivity index (χ4n) is 2.05. The van der Waals surface area contributed by atoms with Crippen molar-refractivity contribution in [3.63, 3.8) is 0 Å². The van der Waals surface area contributed by atoms with E-state index < -0.39 is 0 Å². The van der Waals surface area contributed by atoms with Gasteiger partial charge in [-0.1, -0.05) is 0 Å². The van der Waals surface area contributed by atoms with Gasteiger partial charge in [0.2, 0.25) is 0 Å². The van der Waals surface area contributed by atoms with Gasteiger partial charge in [0, 0.05) is 31.1 Å². The molecule has 1 unspecified atom stereocenters. The van der Waals surface area contributed by atoms with Gasteiger partial charge >= 0.3 is 0 Å². The Hall–Kier alpha value is -1.72. The Balaban J connectivity index is 0.000000963. The Labute approximate surface area is 93.3 Å². The van der Waals surface area contributed by atoms with Crippen LogP contribution in [0.2, 0.25) is 0 Å². The molecule has 0 aliphatic carbocycles. The number of rotatable bonds is 1. The fourth-order valence-corrected chi connectivity index (χ4v) is 2.05. The van der Waals surface area contributed by atoms with Crippen LogP contribution in [0.1, 0.15) is 23.0 Å². The lowest BCUT2D eigenvalue weighted by Crippen LogP contribution is -2.30. The number of H-pyrrole nitrogens is 1. The molecule has 0 saturated carbocycles. The third kappa shape index (κ3) is 1.70. The largest absolute Gasteiger partial charge is 0.412 e. The number of pyridine rings is 1. The van der Waals surface area contributed by atoms with E-state index >= 15 is 0 Å². The Morgan fingerprint density at radius 1 is 1.25 bits per heavy atom. The monoisotopic (exact) mass is 218 g/mol. The first-order valence-corrected chi connectivity index (χ1v) is 5.10. The molecule has 4 N–H and O–H groups in total. The van der Waals surface area contributed by atoms with E-state index in [1.165, 1.54) is 11.3 Å². The molecule has 5 nitrogen and oxygen atoms in total. The summed E-state index contributed by atoms with van der Waals surface area (Å²) in [5, 5.41) is 3.47. The maximum atomic E-state index is 4.38. The Kier molecular flexibility index (Phi) is 2.98. The highest BCUT2D eigenvalue weighted by Crippen LogP contribution is 2.25. The molecule has 0 amide bonds. The number of hydrogen-bond acceptors (Lipinski definition) is 3. The van der Waals surface area contributed by atoms with Crippen LogP contribution < -0.4 is 5.32 Å². The third-order valence-electron chi connectivity index (χ3n) is 2.79. The smallest absolute Gasteiger partial charge is 0.0926 e. The quantitative estimate of drug-likeness (QED) is 0.717. The van der Waals surface area contributed by atoms with Crippen molar-refractivity contribution in [1.82, 2.24) is 20.3 Å². The molecular weight excluding hydrogens is 204 g/mol. The molecule has 0 bridgehead atoms. The van der Waals surface area contributed by atoms with Crippen LogP contribution >= 0.6 is 0 Å². The Bertz CT molecular complexity index is 454. The Morgan fingerprint density at radius 3 is 2.88 bits per heavy atom. The minimum Gasteiger partial charge on any atom is -0.412 e. The summed E-state index contributed by atoms with van der Waals surface area (Å²) in [5.41, 5.74) is 3.58. The van der Waals surface area contributed by atoms with Gasteiger partial charge in [-0.2, -0.15) is 0 Å². The van der Waals surface area contributed by atoms with Crippen molar-refractivity contribution in [1.29, 1.82) is 0 Å².